The minimum atomic E-state index is -0.0604. The highest BCUT2D eigenvalue weighted by Crippen LogP contribution is 2.37. The van der Waals surface area contributed by atoms with Gasteiger partial charge in [-0.3, -0.25) is 0 Å². The van der Waals surface area contributed by atoms with Crippen LogP contribution in [0, 0.1) is 17.7 Å². The Morgan fingerprint density at radius 2 is 1.89 bits per heavy atom. The van der Waals surface area contributed by atoms with Gasteiger partial charge in [0, 0.05) is 11.6 Å². The van der Waals surface area contributed by atoms with E-state index in [0.29, 0.717) is 5.92 Å². The van der Waals surface area contributed by atoms with E-state index < -0.39 is 0 Å². The number of rotatable bonds is 5. The molecule has 2 rings (SSSR count). The number of halogens is 1. The SMILES string of the molecule is CCCNC(c1ccccc1F)C1CCC(C)CC1. The van der Waals surface area contributed by atoms with Gasteiger partial charge >= 0.3 is 0 Å². The molecule has 1 fully saturated rings. The molecule has 0 bridgehead atoms. The summed E-state index contributed by atoms with van der Waals surface area (Å²) >= 11 is 0. The summed E-state index contributed by atoms with van der Waals surface area (Å²) in [5.74, 6) is 1.36. The van der Waals surface area contributed by atoms with Crippen molar-refractivity contribution in [3.05, 3.63) is 35.6 Å². The topological polar surface area (TPSA) is 12.0 Å². The van der Waals surface area contributed by atoms with Crippen LogP contribution in [-0.4, -0.2) is 6.54 Å². The Bertz CT molecular complexity index is 383. The molecule has 1 atom stereocenters. The number of hydrogen-bond donors (Lipinski definition) is 1. The summed E-state index contributed by atoms with van der Waals surface area (Å²) in [5.41, 5.74) is 0.857. The first-order valence-electron chi connectivity index (χ1n) is 7.70. The zero-order valence-electron chi connectivity index (χ0n) is 12.2. The van der Waals surface area contributed by atoms with Crippen LogP contribution in [0.4, 0.5) is 4.39 Å². The predicted molar refractivity (Wildman–Crippen MR) is 78.6 cm³/mol. The second-order valence-electron chi connectivity index (χ2n) is 5.97. The van der Waals surface area contributed by atoms with Crippen LogP contribution in [0.1, 0.15) is 57.6 Å². The average molecular weight is 263 g/mol. The average Bonchev–Trinajstić information content (AvgIpc) is 2.43. The van der Waals surface area contributed by atoms with E-state index >= 15 is 0 Å². The third kappa shape index (κ3) is 3.79. The first-order valence-corrected chi connectivity index (χ1v) is 7.70. The van der Waals surface area contributed by atoms with Gasteiger partial charge < -0.3 is 5.32 Å². The van der Waals surface area contributed by atoms with Crippen molar-refractivity contribution in [3.8, 4) is 0 Å². The summed E-state index contributed by atoms with van der Waals surface area (Å²) in [4.78, 5) is 0. The number of nitrogens with one attached hydrogen (secondary N) is 1. The van der Waals surface area contributed by atoms with E-state index in [9.17, 15) is 4.39 Å². The lowest BCUT2D eigenvalue weighted by Gasteiger charge is -2.34. The van der Waals surface area contributed by atoms with Gasteiger partial charge in [0.2, 0.25) is 0 Å². The molecule has 0 aromatic heterocycles. The zero-order chi connectivity index (χ0) is 13.7. The summed E-state index contributed by atoms with van der Waals surface area (Å²) in [6.45, 7) is 5.45. The monoisotopic (exact) mass is 263 g/mol. The highest BCUT2D eigenvalue weighted by atomic mass is 19.1. The molecule has 1 N–H and O–H groups in total. The molecule has 1 aromatic carbocycles. The molecular weight excluding hydrogens is 237 g/mol. The fraction of sp³-hybridized carbons (Fsp3) is 0.647. The van der Waals surface area contributed by atoms with E-state index in [1.807, 2.05) is 12.1 Å². The molecule has 1 aliphatic carbocycles. The molecule has 1 aromatic rings. The van der Waals surface area contributed by atoms with Gasteiger partial charge in [-0.2, -0.15) is 0 Å². The van der Waals surface area contributed by atoms with Crippen LogP contribution in [-0.2, 0) is 0 Å². The third-order valence-electron chi connectivity index (χ3n) is 4.39. The van der Waals surface area contributed by atoms with Crippen molar-refractivity contribution in [2.24, 2.45) is 11.8 Å². The maximum Gasteiger partial charge on any atom is 0.127 e. The second-order valence-corrected chi connectivity index (χ2v) is 5.97. The van der Waals surface area contributed by atoms with Gasteiger partial charge in [-0.05, 0) is 43.7 Å². The van der Waals surface area contributed by atoms with Gasteiger partial charge in [0.25, 0.3) is 0 Å². The first kappa shape index (κ1) is 14.5. The molecule has 0 spiro atoms. The van der Waals surface area contributed by atoms with E-state index in [4.69, 9.17) is 0 Å². The molecule has 0 radical (unpaired) electrons. The Kier molecular flexibility index (Phi) is 5.38. The van der Waals surface area contributed by atoms with Crippen LogP contribution in [0.25, 0.3) is 0 Å². The van der Waals surface area contributed by atoms with E-state index in [1.165, 1.54) is 25.7 Å². The number of benzene rings is 1. The second kappa shape index (κ2) is 7.04. The van der Waals surface area contributed by atoms with Gasteiger partial charge in [-0.15, -0.1) is 0 Å². The highest BCUT2D eigenvalue weighted by molar-refractivity contribution is 5.22. The van der Waals surface area contributed by atoms with E-state index in [2.05, 4.69) is 19.2 Å². The quantitative estimate of drug-likeness (QED) is 0.812. The maximum absolute atomic E-state index is 14.1. The molecular formula is C17H26FN. The zero-order valence-corrected chi connectivity index (χ0v) is 12.2. The smallest absolute Gasteiger partial charge is 0.127 e. The maximum atomic E-state index is 14.1. The summed E-state index contributed by atoms with van der Waals surface area (Å²) in [6.07, 6.45) is 6.09. The van der Waals surface area contributed by atoms with Crippen LogP contribution >= 0.6 is 0 Å². The molecule has 0 saturated heterocycles. The lowest BCUT2D eigenvalue weighted by Crippen LogP contribution is -2.32. The molecule has 19 heavy (non-hydrogen) atoms. The van der Waals surface area contributed by atoms with E-state index in [0.717, 1.165) is 24.4 Å². The van der Waals surface area contributed by atoms with Gasteiger partial charge in [0.15, 0.2) is 0 Å². The van der Waals surface area contributed by atoms with Crippen molar-refractivity contribution in [3.63, 3.8) is 0 Å². The van der Waals surface area contributed by atoms with Crippen molar-refractivity contribution in [2.45, 2.75) is 52.0 Å². The lowest BCUT2D eigenvalue weighted by molar-refractivity contribution is 0.228. The van der Waals surface area contributed by atoms with Gasteiger partial charge in [0.1, 0.15) is 5.82 Å². The molecule has 1 aliphatic rings. The van der Waals surface area contributed by atoms with Crippen molar-refractivity contribution in [1.82, 2.24) is 5.32 Å². The fourth-order valence-electron chi connectivity index (χ4n) is 3.18. The molecule has 1 saturated carbocycles. The van der Waals surface area contributed by atoms with Crippen LogP contribution in [0.2, 0.25) is 0 Å². The van der Waals surface area contributed by atoms with Crippen molar-refractivity contribution >= 4 is 0 Å². The standard InChI is InChI=1S/C17H26FN/c1-3-12-19-17(14-10-8-13(2)9-11-14)15-6-4-5-7-16(15)18/h4-7,13-14,17,19H,3,8-12H2,1-2H3. The van der Waals surface area contributed by atoms with E-state index in [-0.39, 0.29) is 11.9 Å². The lowest BCUT2D eigenvalue weighted by atomic mass is 9.77. The van der Waals surface area contributed by atoms with Gasteiger partial charge in [-0.25, -0.2) is 4.39 Å². The van der Waals surface area contributed by atoms with Crippen molar-refractivity contribution in [2.75, 3.05) is 6.54 Å². The molecule has 1 unspecified atom stereocenters. The Labute approximate surface area is 116 Å². The van der Waals surface area contributed by atoms with Gasteiger partial charge in [-0.1, -0.05) is 44.9 Å². The first-order chi connectivity index (χ1) is 9.22. The van der Waals surface area contributed by atoms with Gasteiger partial charge in [0.05, 0.1) is 0 Å². The third-order valence-corrected chi connectivity index (χ3v) is 4.39. The Morgan fingerprint density at radius 1 is 1.21 bits per heavy atom. The Hall–Kier alpha value is -0.890. The predicted octanol–water partition coefficient (Wildman–Crippen LogP) is 4.69. The van der Waals surface area contributed by atoms with Crippen molar-refractivity contribution in [1.29, 1.82) is 0 Å². The molecule has 2 heteroatoms. The number of hydrogen-bond acceptors (Lipinski definition) is 1. The summed E-state index contributed by atoms with van der Waals surface area (Å²) in [7, 11) is 0. The fourth-order valence-corrected chi connectivity index (χ4v) is 3.18. The Morgan fingerprint density at radius 3 is 2.53 bits per heavy atom. The molecule has 1 nitrogen and oxygen atoms in total. The highest BCUT2D eigenvalue weighted by Gasteiger charge is 2.28. The van der Waals surface area contributed by atoms with Crippen LogP contribution in [0.5, 0.6) is 0 Å². The summed E-state index contributed by atoms with van der Waals surface area (Å²) in [5, 5.41) is 3.57. The van der Waals surface area contributed by atoms with Crippen molar-refractivity contribution < 1.29 is 4.39 Å². The molecule has 0 heterocycles. The largest absolute Gasteiger partial charge is 0.310 e. The summed E-state index contributed by atoms with van der Waals surface area (Å²) < 4.78 is 14.1. The van der Waals surface area contributed by atoms with Crippen LogP contribution in [0.3, 0.4) is 0 Å². The van der Waals surface area contributed by atoms with Crippen LogP contribution in [0.15, 0.2) is 24.3 Å². The molecule has 0 aliphatic heterocycles. The Balaban J connectivity index is 2.13. The minimum absolute atomic E-state index is 0.0604. The van der Waals surface area contributed by atoms with Crippen LogP contribution < -0.4 is 5.32 Å². The minimum Gasteiger partial charge on any atom is -0.310 e. The molecule has 106 valence electrons. The summed E-state index contributed by atoms with van der Waals surface area (Å²) in [6, 6.07) is 7.44. The van der Waals surface area contributed by atoms with E-state index in [1.54, 1.807) is 12.1 Å². The molecule has 0 amide bonds. The normalized spacial score (nSPS) is 25.2.